The molecule has 3 nitrogen and oxygen atoms in total. The van der Waals surface area contributed by atoms with Gasteiger partial charge in [-0.05, 0) is 37.5 Å². The summed E-state index contributed by atoms with van der Waals surface area (Å²) in [5.74, 6) is 1.75. The predicted molar refractivity (Wildman–Crippen MR) is 94.5 cm³/mol. The van der Waals surface area contributed by atoms with E-state index in [1.165, 1.54) is 57.8 Å². The maximum absolute atomic E-state index is 12.0. The van der Waals surface area contributed by atoms with Gasteiger partial charge in [-0.2, -0.15) is 0 Å². The van der Waals surface area contributed by atoms with E-state index in [4.69, 9.17) is 0 Å². The van der Waals surface area contributed by atoms with Crippen molar-refractivity contribution in [2.45, 2.75) is 91.4 Å². The normalized spacial score (nSPS) is 19.5. The summed E-state index contributed by atoms with van der Waals surface area (Å²) in [7, 11) is 0. The Morgan fingerprint density at radius 2 is 2.00 bits per heavy atom. The molecular weight excluding hydrogens is 272 g/mol. The zero-order valence-electron chi connectivity index (χ0n) is 15.2. The van der Waals surface area contributed by atoms with E-state index < -0.39 is 0 Å². The Hall–Kier alpha value is -0.570. The van der Waals surface area contributed by atoms with E-state index in [1.54, 1.807) is 0 Å². The fourth-order valence-electron chi connectivity index (χ4n) is 3.33. The number of rotatable bonds is 11. The summed E-state index contributed by atoms with van der Waals surface area (Å²) >= 11 is 0. The molecule has 1 rings (SSSR count). The molecule has 0 bridgehead atoms. The van der Waals surface area contributed by atoms with Crippen molar-refractivity contribution in [3.63, 3.8) is 0 Å². The predicted octanol–water partition coefficient (Wildman–Crippen LogP) is 4.92. The van der Waals surface area contributed by atoms with Crippen molar-refractivity contribution in [2.75, 3.05) is 13.1 Å². The van der Waals surface area contributed by atoms with Crippen molar-refractivity contribution in [3.05, 3.63) is 0 Å². The molecule has 0 radical (unpaired) electrons. The number of nitrogens with zero attached hydrogens (tertiary/aromatic N) is 1. The average Bonchev–Trinajstić information content (AvgIpc) is 2.48. The van der Waals surface area contributed by atoms with Crippen molar-refractivity contribution in [1.82, 2.24) is 10.4 Å². The maximum atomic E-state index is 12.0. The second-order valence-corrected chi connectivity index (χ2v) is 7.48. The van der Waals surface area contributed by atoms with Crippen molar-refractivity contribution >= 4 is 5.91 Å². The first-order valence-corrected chi connectivity index (χ1v) is 9.66. The Balaban J connectivity index is 2.12. The number of hydrogen-bond donors (Lipinski definition) is 1. The summed E-state index contributed by atoms with van der Waals surface area (Å²) in [5, 5.41) is 2.18. The molecule has 0 spiro atoms. The smallest absolute Gasteiger partial charge is 0.234 e. The number of hydrazine groups is 1. The minimum absolute atomic E-state index is 0.218. The van der Waals surface area contributed by atoms with Gasteiger partial charge in [-0.1, -0.05) is 59.3 Å². The van der Waals surface area contributed by atoms with E-state index >= 15 is 0 Å². The molecule has 1 aliphatic rings. The standard InChI is InChI=1S/C19H38N2O/c1-4-5-6-7-12-18-13-10-15-21(16-18)20-19(22)14-9-8-11-17(2)3/h17-18H,4-16H2,1-3H3,(H,20,22). The van der Waals surface area contributed by atoms with E-state index in [0.717, 1.165) is 31.3 Å². The monoisotopic (exact) mass is 310 g/mol. The van der Waals surface area contributed by atoms with Gasteiger partial charge in [-0.25, -0.2) is 5.01 Å². The maximum Gasteiger partial charge on any atom is 0.234 e. The summed E-state index contributed by atoms with van der Waals surface area (Å²) in [6, 6.07) is 0. The lowest BCUT2D eigenvalue weighted by atomic mass is 9.93. The van der Waals surface area contributed by atoms with Gasteiger partial charge in [0.2, 0.25) is 5.91 Å². The zero-order valence-corrected chi connectivity index (χ0v) is 15.2. The summed E-state index contributed by atoms with van der Waals surface area (Å²) < 4.78 is 0. The van der Waals surface area contributed by atoms with Gasteiger partial charge in [0.1, 0.15) is 0 Å². The van der Waals surface area contributed by atoms with Crippen LogP contribution in [0.25, 0.3) is 0 Å². The highest BCUT2D eigenvalue weighted by Gasteiger charge is 2.20. The second kappa shape index (κ2) is 11.9. The number of hydrogen-bond acceptors (Lipinski definition) is 2. The van der Waals surface area contributed by atoms with Crippen LogP contribution >= 0.6 is 0 Å². The molecule has 0 aromatic carbocycles. The highest BCUT2D eigenvalue weighted by Crippen LogP contribution is 2.21. The Morgan fingerprint density at radius 3 is 2.73 bits per heavy atom. The van der Waals surface area contributed by atoms with E-state index in [2.05, 4.69) is 31.2 Å². The molecule has 1 N–H and O–H groups in total. The lowest BCUT2D eigenvalue weighted by Crippen LogP contribution is -2.47. The number of carbonyl (C=O) groups is 1. The largest absolute Gasteiger partial charge is 0.289 e. The van der Waals surface area contributed by atoms with Gasteiger partial charge in [0, 0.05) is 19.5 Å². The van der Waals surface area contributed by atoms with Gasteiger partial charge in [0.25, 0.3) is 0 Å². The molecule has 0 aromatic rings. The Morgan fingerprint density at radius 1 is 1.18 bits per heavy atom. The van der Waals surface area contributed by atoms with Crippen molar-refractivity contribution in [3.8, 4) is 0 Å². The SMILES string of the molecule is CCCCCCC1CCCN(NC(=O)CCCCC(C)C)C1. The number of unbranched alkanes of at least 4 members (excludes halogenated alkanes) is 4. The van der Waals surface area contributed by atoms with Crippen LogP contribution < -0.4 is 5.43 Å². The third kappa shape index (κ3) is 9.45. The Bertz CT molecular complexity index is 291. The van der Waals surface area contributed by atoms with Gasteiger partial charge in [0.15, 0.2) is 0 Å². The van der Waals surface area contributed by atoms with Gasteiger partial charge in [-0.3, -0.25) is 10.2 Å². The highest BCUT2D eigenvalue weighted by molar-refractivity contribution is 5.75. The van der Waals surface area contributed by atoms with Gasteiger partial charge in [-0.15, -0.1) is 0 Å². The van der Waals surface area contributed by atoms with Crippen molar-refractivity contribution in [1.29, 1.82) is 0 Å². The topological polar surface area (TPSA) is 32.3 Å². The van der Waals surface area contributed by atoms with E-state index in [0.29, 0.717) is 6.42 Å². The molecule has 130 valence electrons. The first-order valence-electron chi connectivity index (χ1n) is 9.66. The Kier molecular flexibility index (Phi) is 10.6. The summed E-state index contributed by atoms with van der Waals surface area (Å²) in [6.07, 6.45) is 13.4. The van der Waals surface area contributed by atoms with Crippen LogP contribution in [-0.2, 0) is 4.79 Å². The summed E-state index contributed by atoms with van der Waals surface area (Å²) in [6.45, 7) is 8.84. The lowest BCUT2D eigenvalue weighted by Gasteiger charge is -2.32. The van der Waals surface area contributed by atoms with Crippen molar-refractivity contribution < 1.29 is 4.79 Å². The van der Waals surface area contributed by atoms with E-state index in [9.17, 15) is 4.79 Å². The third-order valence-electron chi connectivity index (χ3n) is 4.70. The van der Waals surface area contributed by atoms with Gasteiger partial charge in [0.05, 0.1) is 0 Å². The van der Waals surface area contributed by atoms with E-state index in [-0.39, 0.29) is 5.91 Å². The molecule has 0 aliphatic carbocycles. The number of carbonyl (C=O) groups excluding carboxylic acids is 1. The molecule has 22 heavy (non-hydrogen) atoms. The molecule has 0 saturated carbocycles. The van der Waals surface area contributed by atoms with Crippen LogP contribution in [-0.4, -0.2) is 24.0 Å². The molecule has 3 heteroatoms. The fraction of sp³-hybridized carbons (Fsp3) is 0.947. The van der Waals surface area contributed by atoms with Crippen LogP contribution in [0.4, 0.5) is 0 Å². The van der Waals surface area contributed by atoms with Crippen molar-refractivity contribution in [2.24, 2.45) is 11.8 Å². The minimum atomic E-state index is 0.218. The lowest BCUT2D eigenvalue weighted by molar-refractivity contribution is -0.127. The van der Waals surface area contributed by atoms with Gasteiger partial charge < -0.3 is 0 Å². The van der Waals surface area contributed by atoms with Crippen LogP contribution in [0.5, 0.6) is 0 Å². The van der Waals surface area contributed by atoms with E-state index in [1.807, 2.05) is 0 Å². The van der Waals surface area contributed by atoms with Crippen LogP contribution in [0.15, 0.2) is 0 Å². The van der Waals surface area contributed by atoms with Gasteiger partial charge >= 0.3 is 0 Å². The molecule has 1 atom stereocenters. The third-order valence-corrected chi connectivity index (χ3v) is 4.70. The highest BCUT2D eigenvalue weighted by atomic mass is 16.2. The Labute approximate surface area is 138 Å². The molecular formula is C19H38N2O. The zero-order chi connectivity index (χ0) is 16.2. The van der Waals surface area contributed by atoms with Crippen LogP contribution in [0.2, 0.25) is 0 Å². The fourth-order valence-corrected chi connectivity index (χ4v) is 3.33. The van der Waals surface area contributed by atoms with Crippen LogP contribution in [0.1, 0.15) is 91.4 Å². The number of piperidine rings is 1. The first kappa shape index (κ1) is 19.5. The summed E-state index contributed by atoms with van der Waals surface area (Å²) in [4.78, 5) is 12.0. The van der Waals surface area contributed by atoms with Crippen LogP contribution in [0, 0.1) is 11.8 Å². The number of amides is 1. The second-order valence-electron chi connectivity index (χ2n) is 7.48. The average molecular weight is 311 g/mol. The summed E-state index contributed by atoms with van der Waals surface area (Å²) in [5.41, 5.74) is 3.13. The van der Waals surface area contributed by atoms with Crippen LogP contribution in [0.3, 0.4) is 0 Å². The molecule has 1 unspecified atom stereocenters. The minimum Gasteiger partial charge on any atom is -0.289 e. The molecule has 1 heterocycles. The molecule has 1 saturated heterocycles. The number of nitrogens with one attached hydrogen (secondary N) is 1. The molecule has 0 aromatic heterocycles. The molecule has 1 amide bonds. The quantitative estimate of drug-likeness (QED) is 0.550. The molecule has 1 aliphatic heterocycles. The molecule has 1 fully saturated rings. The first-order chi connectivity index (χ1) is 10.6.